The second-order valence-electron chi connectivity index (χ2n) is 7.45. The maximum Gasteiger partial charge on any atom is 0.639 e. The number of hydrogen-bond donors (Lipinski definition) is 0. The zero-order valence-electron chi connectivity index (χ0n) is 19.6. The molecule has 180 valence electrons. The summed E-state index contributed by atoms with van der Waals surface area (Å²) >= 11 is 5.55. The summed E-state index contributed by atoms with van der Waals surface area (Å²) < 4.78 is 17.8. The third-order valence-electron chi connectivity index (χ3n) is 4.66. The summed E-state index contributed by atoms with van der Waals surface area (Å²) in [7, 11) is -0.592. The van der Waals surface area contributed by atoms with Crippen molar-refractivity contribution < 1.29 is 14.0 Å². The summed E-state index contributed by atoms with van der Waals surface area (Å²) in [6.45, 7) is 1.88. The minimum Gasteiger partial charge on any atom is -0.386 e. The highest BCUT2D eigenvalue weighted by molar-refractivity contribution is 7.99. The van der Waals surface area contributed by atoms with Gasteiger partial charge in [-0.1, -0.05) is 54.6 Å². The van der Waals surface area contributed by atoms with Gasteiger partial charge in [0.2, 0.25) is 0 Å². The van der Waals surface area contributed by atoms with Gasteiger partial charge in [0.1, 0.15) is 0 Å². The summed E-state index contributed by atoms with van der Waals surface area (Å²) in [5.41, 5.74) is 0. The van der Waals surface area contributed by atoms with Crippen molar-refractivity contribution in [3.8, 4) is 0 Å². The maximum absolute atomic E-state index is 5.94. The van der Waals surface area contributed by atoms with Crippen molar-refractivity contribution in [2.45, 2.75) is 33.9 Å². The molecule has 0 bridgehead atoms. The molecule has 0 fully saturated rings. The molecule has 0 heterocycles. The van der Waals surface area contributed by atoms with Crippen molar-refractivity contribution >= 4 is 42.6 Å². The quantitative estimate of drug-likeness (QED) is 0.0992. The van der Waals surface area contributed by atoms with Gasteiger partial charge in [-0.15, -0.1) is 35.3 Å². The molecule has 0 aliphatic heterocycles. The first-order valence-electron chi connectivity index (χ1n) is 11.8. The van der Waals surface area contributed by atoms with Crippen LogP contribution >= 0.6 is 35.3 Å². The Hall–Kier alpha value is -1.35. The van der Waals surface area contributed by atoms with Gasteiger partial charge in [0, 0.05) is 51.8 Å². The van der Waals surface area contributed by atoms with Crippen LogP contribution in [0.4, 0.5) is 0 Å². The van der Waals surface area contributed by atoms with Gasteiger partial charge in [-0.3, -0.25) is 0 Å². The Kier molecular flexibility index (Phi) is 14.4. The van der Waals surface area contributed by atoms with Crippen LogP contribution in [0.25, 0.3) is 0 Å². The average Bonchev–Trinajstić information content (AvgIpc) is 2.89. The second-order valence-corrected chi connectivity index (χ2v) is 11.0. The molecule has 0 aliphatic rings. The molecule has 0 unspecified atom stereocenters. The highest BCUT2D eigenvalue weighted by Gasteiger charge is 2.20. The van der Waals surface area contributed by atoms with E-state index in [1.165, 1.54) is 14.7 Å². The SMILES string of the molecule is c1ccc(SCCCOB(OCCCSc2ccccc2)OCCCSc2ccccc2)cc1. The summed E-state index contributed by atoms with van der Waals surface area (Å²) in [6.07, 6.45) is 2.86. The van der Waals surface area contributed by atoms with Crippen molar-refractivity contribution in [2.75, 3.05) is 37.1 Å². The molecule has 7 heteroatoms. The van der Waals surface area contributed by atoms with E-state index in [2.05, 4.69) is 72.8 Å². The molecule has 0 radical (unpaired) electrons. The molecule has 0 saturated heterocycles. The Bertz CT molecular complexity index is 754. The standard InChI is InChI=1S/C27H33BO3S3/c1-4-13-25(14-5-1)32-22-10-19-29-28(30-20-11-23-33-26-15-6-2-7-16-26)31-21-12-24-34-27-17-8-3-9-18-27/h1-9,13-18H,10-12,19-24H2. The lowest BCUT2D eigenvalue weighted by atomic mass is 10.2. The average molecular weight is 513 g/mol. The predicted octanol–water partition coefficient (Wildman–Crippen LogP) is 7.57. The molecule has 3 aromatic rings. The summed E-state index contributed by atoms with van der Waals surface area (Å²) in [5, 5.41) is 0. The summed E-state index contributed by atoms with van der Waals surface area (Å²) in [4.78, 5) is 3.87. The summed E-state index contributed by atoms with van der Waals surface area (Å²) in [5.74, 6) is 3.04. The van der Waals surface area contributed by atoms with Gasteiger partial charge >= 0.3 is 7.32 Å². The highest BCUT2D eigenvalue weighted by atomic mass is 32.2. The van der Waals surface area contributed by atoms with Crippen LogP contribution in [0.3, 0.4) is 0 Å². The van der Waals surface area contributed by atoms with Crippen molar-refractivity contribution in [3.63, 3.8) is 0 Å². The van der Waals surface area contributed by atoms with E-state index in [4.69, 9.17) is 14.0 Å². The fourth-order valence-electron chi connectivity index (χ4n) is 2.98. The van der Waals surface area contributed by atoms with Gasteiger partial charge in [0.25, 0.3) is 0 Å². The van der Waals surface area contributed by atoms with Crippen LogP contribution < -0.4 is 0 Å². The Balaban J connectivity index is 1.30. The molecule has 0 N–H and O–H groups in total. The van der Waals surface area contributed by atoms with Crippen LogP contribution in [0.2, 0.25) is 0 Å². The maximum atomic E-state index is 5.94. The molecule has 3 aromatic carbocycles. The zero-order valence-corrected chi connectivity index (χ0v) is 22.0. The highest BCUT2D eigenvalue weighted by Crippen LogP contribution is 2.20. The Morgan fingerprint density at radius 2 is 0.735 bits per heavy atom. The van der Waals surface area contributed by atoms with Gasteiger partial charge in [-0.2, -0.15) is 0 Å². The van der Waals surface area contributed by atoms with Gasteiger partial charge in [0.05, 0.1) is 0 Å². The van der Waals surface area contributed by atoms with E-state index in [1.54, 1.807) is 0 Å². The minimum absolute atomic E-state index is 0.592. The van der Waals surface area contributed by atoms with Crippen LogP contribution in [0, 0.1) is 0 Å². The first kappa shape index (κ1) is 27.2. The monoisotopic (exact) mass is 512 g/mol. The van der Waals surface area contributed by atoms with Gasteiger partial charge in [-0.05, 0) is 55.7 Å². The lowest BCUT2D eigenvalue weighted by Gasteiger charge is -2.15. The summed E-state index contributed by atoms with van der Waals surface area (Å²) in [6, 6.07) is 31.4. The third kappa shape index (κ3) is 12.4. The normalized spacial score (nSPS) is 10.9. The van der Waals surface area contributed by atoms with E-state index in [0.29, 0.717) is 19.8 Å². The second kappa shape index (κ2) is 18.0. The first-order chi connectivity index (χ1) is 16.9. The van der Waals surface area contributed by atoms with E-state index in [1.807, 2.05) is 53.5 Å². The number of hydrogen-bond acceptors (Lipinski definition) is 6. The van der Waals surface area contributed by atoms with Gasteiger partial charge in [0.15, 0.2) is 0 Å². The van der Waals surface area contributed by atoms with Crippen molar-refractivity contribution in [1.29, 1.82) is 0 Å². The largest absolute Gasteiger partial charge is 0.639 e. The number of thioether (sulfide) groups is 3. The first-order valence-corrected chi connectivity index (χ1v) is 14.7. The van der Waals surface area contributed by atoms with Gasteiger partial charge < -0.3 is 14.0 Å². The van der Waals surface area contributed by atoms with E-state index < -0.39 is 7.32 Å². The fraction of sp³-hybridized carbons (Fsp3) is 0.333. The lowest BCUT2D eigenvalue weighted by molar-refractivity contribution is 0.0940. The number of rotatable bonds is 18. The van der Waals surface area contributed by atoms with E-state index in [9.17, 15) is 0 Å². The molecule has 0 spiro atoms. The smallest absolute Gasteiger partial charge is 0.386 e. The van der Waals surface area contributed by atoms with E-state index in [0.717, 1.165) is 36.5 Å². The minimum atomic E-state index is -0.592. The Labute approximate surface area is 217 Å². The molecule has 0 saturated carbocycles. The Morgan fingerprint density at radius 1 is 0.441 bits per heavy atom. The Morgan fingerprint density at radius 3 is 1.03 bits per heavy atom. The molecular weight excluding hydrogens is 479 g/mol. The zero-order chi connectivity index (χ0) is 23.5. The van der Waals surface area contributed by atoms with Crippen LogP contribution in [0.1, 0.15) is 19.3 Å². The number of benzene rings is 3. The van der Waals surface area contributed by atoms with E-state index in [-0.39, 0.29) is 0 Å². The predicted molar refractivity (Wildman–Crippen MR) is 149 cm³/mol. The van der Waals surface area contributed by atoms with Crippen molar-refractivity contribution in [3.05, 3.63) is 91.0 Å². The van der Waals surface area contributed by atoms with Crippen molar-refractivity contribution in [2.24, 2.45) is 0 Å². The third-order valence-corrected chi connectivity index (χ3v) is 7.96. The molecule has 3 rings (SSSR count). The molecule has 3 nitrogen and oxygen atoms in total. The van der Waals surface area contributed by atoms with Gasteiger partial charge in [-0.25, -0.2) is 0 Å². The molecule has 0 amide bonds. The van der Waals surface area contributed by atoms with Crippen LogP contribution in [-0.2, 0) is 14.0 Å². The molecular formula is C27H33BO3S3. The molecule has 0 aromatic heterocycles. The topological polar surface area (TPSA) is 27.7 Å². The molecule has 34 heavy (non-hydrogen) atoms. The van der Waals surface area contributed by atoms with E-state index >= 15 is 0 Å². The van der Waals surface area contributed by atoms with Crippen LogP contribution in [-0.4, -0.2) is 44.4 Å². The molecule has 0 atom stereocenters. The van der Waals surface area contributed by atoms with Crippen LogP contribution in [0.5, 0.6) is 0 Å². The van der Waals surface area contributed by atoms with Crippen LogP contribution in [0.15, 0.2) is 106 Å². The fourth-order valence-corrected chi connectivity index (χ4v) is 5.52. The van der Waals surface area contributed by atoms with Crippen molar-refractivity contribution in [1.82, 2.24) is 0 Å². The lowest BCUT2D eigenvalue weighted by Crippen LogP contribution is -2.29. The molecule has 0 aliphatic carbocycles.